The van der Waals surface area contributed by atoms with Crippen molar-refractivity contribution < 1.29 is 39.0 Å². The first kappa shape index (κ1) is 31.1. The Kier molecular flexibility index (Phi) is 11.7. The van der Waals surface area contributed by atoms with Gasteiger partial charge in [0.15, 0.2) is 0 Å². The second-order valence-corrected chi connectivity index (χ2v) is 9.73. The fraction of sp³-hybridized carbons (Fsp3) is 0.417. The zero-order valence-corrected chi connectivity index (χ0v) is 22.0. The lowest BCUT2D eigenvalue weighted by molar-refractivity contribution is -0.143. The lowest BCUT2D eigenvalue weighted by Crippen LogP contribution is -2.58. The molecule has 39 heavy (non-hydrogen) atoms. The number of nitrogens with one attached hydrogen (secondary N) is 4. The molecule has 0 saturated carbocycles. The van der Waals surface area contributed by atoms with Crippen LogP contribution in [-0.4, -0.2) is 86.9 Å². The van der Waals surface area contributed by atoms with Crippen LogP contribution in [0.15, 0.2) is 30.5 Å². The van der Waals surface area contributed by atoms with Crippen molar-refractivity contribution in [3.8, 4) is 0 Å². The number of rotatable bonds is 16. The number of aromatic amines is 1. The molecule has 4 unspecified atom stereocenters. The highest BCUT2D eigenvalue weighted by Gasteiger charge is 2.32. The molecule has 1 aromatic heterocycles. The molecule has 0 aliphatic rings. The molecule has 0 fully saturated rings. The Morgan fingerprint density at radius 1 is 0.923 bits per heavy atom. The highest BCUT2D eigenvalue weighted by atomic mass is 32.2. The van der Waals surface area contributed by atoms with Crippen molar-refractivity contribution in [3.63, 3.8) is 0 Å². The van der Waals surface area contributed by atoms with Crippen LogP contribution in [0.1, 0.15) is 24.8 Å². The Labute approximate surface area is 227 Å². The maximum atomic E-state index is 13.0. The summed E-state index contributed by atoms with van der Waals surface area (Å²) in [6.45, 7) is 0. The van der Waals surface area contributed by atoms with Gasteiger partial charge >= 0.3 is 11.9 Å². The first-order chi connectivity index (χ1) is 18.4. The smallest absolute Gasteiger partial charge is 0.326 e. The van der Waals surface area contributed by atoms with Gasteiger partial charge in [-0.15, -0.1) is 0 Å². The number of amides is 4. The molecular formula is C24H32N6O8S. The molecule has 4 atom stereocenters. The van der Waals surface area contributed by atoms with Crippen LogP contribution in [0.25, 0.3) is 10.9 Å². The topological polar surface area (TPSA) is 247 Å². The van der Waals surface area contributed by atoms with Crippen LogP contribution >= 0.6 is 11.8 Å². The SMILES string of the molecule is CSCCC(NC(=O)C(N)CC(N)=O)C(=O)NC(CC(=O)O)C(=O)NC(Cc1c[nH]c2ccccc12)C(=O)O. The normalized spacial score (nSPS) is 14.0. The molecule has 212 valence electrons. The van der Waals surface area contributed by atoms with Crippen molar-refractivity contribution >= 4 is 58.2 Å². The lowest BCUT2D eigenvalue weighted by Gasteiger charge is -2.24. The Hall–Kier alpha value is -4.11. The van der Waals surface area contributed by atoms with Crippen LogP contribution in [0.2, 0.25) is 0 Å². The highest BCUT2D eigenvalue weighted by Crippen LogP contribution is 2.19. The number of carbonyl (C=O) groups excluding carboxylic acids is 4. The summed E-state index contributed by atoms with van der Waals surface area (Å²) >= 11 is 1.37. The predicted octanol–water partition coefficient (Wildman–Crippen LogP) is -1.32. The van der Waals surface area contributed by atoms with E-state index in [1.165, 1.54) is 11.8 Å². The van der Waals surface area contributed by atoms with Gasteiger partial charge in [-0.1, -0.05) is 18.2 Å². The van der Waals surface area contributed by atoms with Gasteiger partial charge in [0.2, 0.25) is 23.6 Å². The van der Waals surface area contributed by atoms with E-state index in [2.05, 4.69) is 20.9 Å². The van der Waals surface area contributed by atoms with Gasteiger partial charge in [0.25, 0.3) is 0 Å². The lowest BCUT2D eigenvalue weighted by atomic mass is 10.0. The largest absolute Gasteiger partial charge is 0.481 e. The number of primary amides is 1. The second-order valence-electron chi connectivity index (χ2n) is 8.74. The Bertz CT molecular complexity index is 1220. The average molecular weight is 565 g/mol. The Morgan fingerprint density at radius 3 is 2.15 bits per heavy atom. The molecule has 0 spiro atoms. The van der Waals surface area contributed by atoms with Crippen molar-refractivity contribution in [2.45, 2.75) is 49.9 Å². The zero-order valence-electron chi connectivity index (χ0n) is 21.1. The molecule has 0 saturated heterocycles. The Morgan fingerprint density at radius 2 is 1.54 bits per heavy atom. The van der Waals surface area contributed by atoms with Crippen LogP contribution in [0, 0.1) is 0 Å². The maximum Gasteiger partial charge on any atom is 0.326 e. The van der Waals surface area contributed by atoms with Crippen LogP contribution in [-0.2, 0) is 35.2 Å². The predicted molar refractivity (Wildman–Crippen MR) is 142 cm³/mol. The fourth-order valence-corrected chi connectivity index (χ4v) is 4.21. The summed E-state index contributed by atoms with van der Waals surface area (Å²) in [6, 6.07) is 1.57. The molecule has 0 bridgehead atoms. The summed E-state index contributed by atoms with van der Waals surface area (Å²) in [6.07, 6.45) is 2.06. The van der Waals surface area contributed by atoms with E-state index in [9.17, 15) is 39.0 Å². The van der Waals surface area contributed by atoms with Gasteiger partial charge in [0.1, 0.15) is 18.1 Å². The number of thioether (sulfide) groups is 1. The molecule has 0 aliphatic carbocycles. The number of aromatic nitrogens is 1. The van der Waals surface area contributed by atoms with Gasteiger partial charge in [-0.05, 0) is 30.1 Å². The first-order valence-corrected chi connectivity index (χ1v) is 13.3. The summed E-state index contributed by atoms with van der Waals surface area (Å²) in [4.78, 5) is 75.8. The van der Waals surface area contributed by atoms with Crippen LogP contribution in [0.4, 0.5) is 0 Å². The van der Waals surface area contributed by atoms with E-state index in [1.54, 1.807) is 36.7 Å². The minimum absolute atomic E-state index is 0.0990. The van der Waals surface area contributed by atoms with E-state index in [-0.39, 0.29) is 12.8 Å². The number of fused-ring (bicyclic) bond motifs is 1. The monoisotopic (exact) mass is 564 g/mol. The molecule has 0 radical (unpaired) electrons. The minimum Gasteiger partial charge on any atom is -0.481 e. The second kappa shape index (κ2) is 14.7. The third-order valence-electron chi connectivity index (χ3n) is 5.73. The van der Waals surface area contributed by atoms with E-state index in [0.29, 0.717) is 11.3 Å². The number of aliphatic carboxylic acids is 2. The van der Waals surface area contributed by atoms with Crippen LogP contribution < -0.4 is 27.4 Å². The number of carbonyl (C=O) groups is 6. The fourth-order valence-electron chi connectivity index (χ4n) is 3.74. The van der Waals surface area contributed by atoms with Gasteiger partial charge in [-0.2, -0.15) is 11.8 Å². The maximum absolute atomic E-state index is 13.0. The van der Waals surface area contributed by atoms with Crippen molar-refractivity contribution in [2.24, 2.45) is 11.5 Å². The number of hydrogen-bond donors (Lipinski definition) is 8. The molecule has 2 aromatic rings. The third kappa shape index (κ3) is 9.61. The van der Waals surface area contributed by atoms with Crippen molar-refractivity contribution in [1.82, 2.24) is 20.9 Å². The third-order valence-corrected chi connectivity index (χ3v) is 6.37. The summed E-state index contributed by atoms with van der Waals surface area (Å²) in [5.74, 6) is -5.94. The van der Waals surface area contributed by atoms with E-state index in [0.717, 1.165) is 10.9 Å². The van der Waals surface area contributed by atoms with E-state index in [1.807, 2.05) is 0 Å². The zero-order chi connectivity index (χ0) is 29.1. The minimum atomic E-state index is -1.65. The summed E-state index contributed by atoms with van der Waals surface area (Å²) in [5, 5.41) is 26.8. The highest BCUT2D eigenvalue weighted by molar-refractivity contribution is 7.98. The van der Waals surface area contributed by atoms with E-state index in [4.69, 9.17) is 11.5 Å². The molecular weight excluding hydrogens is 532 g/mol. The molecule has 4 amide bonds. The van der Waals surface area contributed by atoms with Crippen molar-refractivity contribution in [2.75, 3.05) is 12.0 Å². The molecule has 1 aromatic carbocycles. The molecule has 10 N–H and O–H groups in total. The van der Waals surface area contributed by atoms with E-state index < -0.39 is 72.6 Å². The number of carboxylic acids is 2. The molecule has 0 aliphatic heterocycles. The summed E-state index contributed by atoms with van der Waals surface area (Å²) in [7, 11) is 0. The quantitative estimate of drug-likeness (QED) is 0.119. The number of para-hydroxylation sites is 1. The van der Waals surface area contributed by atoms with Gasteiger partial charge in [0, 0.05) is 23.5 Å². The number of hydrogen-bond acceptors (Lipinski definition) is 8. The van der Waals surface area contributed by atoms with Gasteiger partial charge in [-0.25, -0.2) is 4.79 Å². The van der Waals surface area contributed by atoms with Gasteiger partial charge < -0.3 is 42.6 Å². The van der Waals surface area contributed by atoms with Crippen LogP contribution in [0.3, 0.4) is 0 Å². The molecule has 2 rings (SSSR count). The standard InChI is InChI=1S/C24H32N6O8S/c1-39-7-6-16(28-21(34)14(25)9-19(26)31)22(35)29-17(10-20(32)33)23(36)30-18(24(37)38)8-12-11-27-15-5-3-2-4-13(12)15/h2-5,11,14,16-18,27H,6-10,25H2,1H3,(H2,26,31)(H,28,34)(H,29,35)(H,30,36)(H,32,33)(H,37,38). The van der Waals surface area contributed by atoms with Crippen molar-refractivity contribution in [1.29, 1.82) is 0 Å². The summed E-state index contributed by atoms with van der Waals surface area (Å²) in [5.41, 5.74) is 12.1. The number of carboxylic acid groups (broad SMARTS) is 2. The number of nitrogens with two attached hydrogens (primary N) is 2. The molecule has 14 nitrogen and oxygen atoms in total. The number of H-pyrrole nitrogens is 1. The van der Waals surface area contributed by atoms with E-state index >= 15 is 0 Å². The Balaban J connectivity index is 2.17. The van der Waals surface area contributed by atoms with Crippen molar-refractivity contribution in [3.05, 3.63) is 36.0 Å². The number of benzene rings is 1. The first-order valence-electron chi connectivity index (χ1n) is 11.9. The van der Waals surface area contributed by atoms with Crippen LogP contribution in [0.5, 0.6) is 0 Å². The summed E-state index contributed by atoms with van der Waals surface area (Å²) < 4.78 is 0. The average Bonchev–Trinajstić information content (AvgIpc) is 3.27. The molecule has 15 heteroatoms. The molecule has 1 heterocycles. The van der Waals surface area contributed by atoms with Gasteiger partial charge in [0.05, 0.1) is 18.9 Å². The van der Waals surface area contributed by atoms with Gasteiger partial charge in [-0.3, -0.25) is 24.0 Å².